The molecule has 3 nitrogen and oxygen atoms in total. The number of rotatable bonds is 5. The molecule has 0 saturated heterocycles. The van der Waals surface area contributed by atoms with Gasteiger partial charge in [0.1, 0.15) is 18.1 Å². The van der Waals surface area contributed by atoms with Gasteiger partial charge < -0.3 is 14.5 Å². The van der Waals surface area contributed by atoms with Gasteiger partial charge in [-0.25, -0.2) is 0 Å². The number of hydrogen-bond donors (Lipinski definition) is 1. The molecule has 1 aliphatic carbocycles. The summed E-state index contributed by atoms with van der Waals surface area (Å²) >= 11 is 0. The molecule has 1 heterocycles. The molecule has 0 amide bonds. The molecule has 1 aromatic heterocycles. The summed E-state index contributed by atoms with van der Waals surface area (Å²) in [6.45, 7) is 5.78. The highest BCUT2D eigenvalue weighted by molar-refractivity contribution is 5.20. The van der Waals surface area contributed by atoms with Crippen LogP contribution in [-0.4, -0.2) is 13.2 Å². The molecular weight excluding hydrogens is 226 g/mol. The first-order valence-corrected chi connectivity index (χ1v) is 7.05. The number of furan rings is 1. The normalized spacial score (nSPS) is 24.4. The summed E-state index contributed by atoms with van der Waals surface area (Å²) in [5.74, 6) is 2.64. The Hall–Kier alpha value is -0.800. The second-order valence-electron chi connectivity index (χ2n) is 5.44. The van der Waals surface area contributed by atoms with E-state index in [-0.39, 0.29) is 0 Å². The molecule has 2 rings (SSSR count). The molecule has 18 heavy (non-hydrogen) atoms. The van der Waals surface area contributed by atoms with Crippen molar-refractivity contribution in [1.29, 1.82) is 0 Å². The van der Waals surface area contributed by atoms with Crippen molar-refractivity contribution in [2.45, 2.75) is 58.8 Å². The zero-order valence-electron chi connectivity index (χ0n) is 11.8. The topological polar surface area (TPSA) is 34.4 Å². The summed E-state index contributed by atoms with van der Waals surface area (Å²) in [4.78, 5) is 0. The van der Waals surface area contributed by atoms with Crippen molar-refractivity contribution >= 4 is 0 Å². The Labute approximate surface area is 110 Å². The summed E-state index contributed by atoms with van der Waals surface area (Å²) in [5.41, 5.74) is 1.23. The highest BCUT2D eigenvalue weighted by Gasteiger charge is 2.22. The fourth-order valence-corrected chi connectivity index (χ4v) is 2.74. The van der Waals surface area contributed by atoms with E-state index in [1.165, 1.54) is 31.2 Å². The maximum absolute atomic E-state index is 6.01. The molecule has 2 unspecified atom stereocenters. The van der Waals surface area contributed by atoms with E-state index >= 15 is 0 Å². The fourth-order valence-electron chi connectivity index (χ4n) is 2.74. The Bertz CT molecular complexity index is 373. The van der Waals surface area contributed by atoms with Crippen LogP contribution >= 0.6 is 0 Å². The Kier molecular flexibility index (Phi) is 4.84. The van der Waals surface area contributed by atoms with E-state index in [4.69, 9.17) is 9.15 Å². The van der Waals surface area contributed by atoms with E-state index in [0.717, 1.165) is 18.1 Å². The second kappa shape index (κ2) is 6.39. The van der Waals surface area contributed by atoms with Crippen LogP contribution in [0.1, 0.15) is 49.7 Å². The summed E-state index contributed by atoms with van der Waals surface area (Å²) < 4.78 is 11.7. The molecule has 0 bridgehead atoms. The quantitative estimate of drug-likeness (QED) is 0.871. The van der Waals surface area contributed by atoms with E-state index in [9.17, 15) is 0 Å². The lowest BCUT2D eigenvalue weighted by Gasteiger charge is -2.28. The SMILES string of the molecule is CNCc1cc(COC2CCCCC2C)oc1C. The van der Waals surface area contributed by atoms with Gasteiger partial charge in [-0.2, -0.15) is 0 Å². The van der Waals surface area contributed by atoms with Gasteiger partial charge in [0, 0.05) is 12.1 Å². The maximum Gasteiger partial charge on any atom is 0.130 e. The molecule has 0 aromatic carbocycles. The highest BCUT2D eigenvalue weighted by Crippen LogP contribution is 2.27. The highest BCUT2D eigenvalue weighted by atomic mass is 16.5. The van der Waals surface area contributed by atoms with Gasteiger partial charge in [-0.3, -0.25) is 0 Å². The second-order valence-corrected chi connectivity index (χ2v) is 5.44. The van der Waals surface area contributed by atoms with Gasteiger partial charge in [0.2, 0.25) is 0 Å². The van der Waals surface area contributed by atoms with Crippen LogP contribution in [0.5, 0.6) is 0 Å². The van der Waals surface area contributed by atoms with Crippen LogP contribution in [0, 0.1) is 12.8 Å². The van der Waals surface area contributed by atoms with Crippen LogP contribution in [0.4, 0.5) is 0 Å². The maximum atomic E-state index is 6.01. The van der Waals surface area contributed by atoms with Crippen molar-refractivity contribution in [3.63, 3.8) is 0 Å². The van der Waals surface area contributed by atoms with Crippen LogP contribution in [0.25, 0.3) is 0 Å². The monoisotopic (exact) mass is 251 g/mol. The first-order chi connectivity index (χ1) is 8.70. The van der Waals surface area contributed by atoms with Crippen LogP contribution in [0.3, 0.4) is 0 Å². The zero-order valence-corrected chi connectivity index (χ0v) is 11.8. The molecule has 1 N–H and O–H groups in total. The molecule has 2 atom stereocenters. The smallest absolute Gasteiger partial charge is 0.130 e. The molecule has 1 aromatic rings. The average molecular weight is 251 g/mol. The van der Waals surface area contributed by atoms with E-state index in [1.54, 1.807) is 0 Å². The lowest BCUT2D eigenvalue weighted by Crippen LogP contribution is -2.25. The summed E-state index contributed by atoms with van der Waals surface area (Å²) in [6.07, 6.45) is 5.57. The van der Waals surface area contributed by atoms with E-state index in [1.807, 2.05) is 14.0 Å². The predicted octanol–water partition coefficient (Wildman–Crippen LogP) is 3.40. The third-order valence-electron chi connectivity index (χ3n) is 3.91. The van der Waals surface area contributed by atoms with E-state index in [2.05, 4.69) is 18.3 Å². The van der Waals surface area contributed by atoms with E-state index < -0.39 is 0 Å². The third kappa shape index (κ3) is 3.36. The Morgan fingerprint density at radius 2 is 2.17 bits per heavy atom. The minimum Gasteiger partial charge on any atom is -0.464 e. The fraction of sp³-hybridized carbons (Fsp3) is 0.733. The van der Waals surface area contributed by atoms with Crippen molar-refractivity contribution in [3.05, 3.63) is 23.2 Å². The Morgan fingerprint density at radius 1 is 1.39 bits per heavy atom. The van der Waals surface area contributed by atoms with Crippen molar-refractivity contribution < 1.29 is 9.15 Å². The van der Waals surface area contributed by atoms with Gasteiger partial charge in [0.15, 0.2) is 0 Å². The van der Waals surface area contributed by atoms with Crippen LogP contribution in [-0.2, 0) is 17.9 Å². The summed E-state index contributed by atoms with van der Waals surface area (Å²) in [5, 5.41) is 3.15. The van der Waals surface area contributed by atoms with Crippen molar-refractivity contribution in [2.24, 2.45) is 5.92 Å². The molecular formula is C15H25NO2. The van der Waals surface area contributed by atoms with Crippen LogP contribution in [0.2, 0.25) is 0 Å². The lowest BCUT2D eigenvalue weighted by molar-refractivity contribution is -0.0221. The summed E-state index contributed by atoms with van der Waals surface area (Å²) in [6, 6.07) is 2.11. The molecule has 1 saturated carbocycles. The molecule has 102 valence electrons. The average Bonchev–Trinajstić information content (AvgIpc) is 2.70. The minimum absolute atomic E-state index is 0.414. The van der Waals surface area contributed by atoms with Crippen LogP contribution < -0.4 is 5.32 Å². The largest absolute Gasteiger partial charge is 0.464 e. The first-order valence-electron chi connectivity index (χ1n) is 7.05. The number of aryl methyl sites for hydroxylation is 1. The lowest BCUT2D eigenvalue weighted by atomic mass is 9.88. The Balaban J connectivity index is 1.87. The zero-order chi connectivity index (χ0) is 13.0. The van der Waals surface area contributed by atoms with Gasteiger partial charge >= 0.3 is 0 Å². The molecule has 0 spiro atoms. The van der Waals surface area contributed by atoms with Gasteiger partial charge in [-0.15, -0.1) is 0 Å². The van der Waals surface area contributed by atoms with E-state index in [0.29, 0.717) is 18.6 Å². The Morgan fingerprint density at radius 3 is 2.89 bits per heavy atom. The van der Waals surface area contributed by atoms with Gasteiger partial charge in [0.05, 0.1) is 6.10 Å². The van der Waals surface area contributed by atoms with Gasteiger partial charge in [-0.1, -0.05) is 19.8 Å². The van der Waals surface area contributed by atoms with Crippen molar-refractivity contribution in [2.75, 3.05) is 7.05 Å². The number of ether oxygens (including phenoxy) is 1. The summed E-state index contributed by atoms with van der Waals surface area (Å²) in [7, 11) is 1.95. The molecule has 1 aliphatic rings. The van der Waals surface area contributed by atoms with Crippen molar-refractivity contribution in [3.8, 4) is 0 Å². The number of hydrogen-bond acceptors (Lipinski definition) is 3. The standard InChI is InChI=1S/C15H25NO2/c1-11-6-4-5-7-15(11)17-10-14-8-13(9-16-3)12(2)18-14/h8,11,15-16H,4-7,9-10H2,1-3H3. The molecule has 3 heteroatoms. The molecule has 0 radical (unpaired) electrons. The third-order valence-corrected chi connectivity index (χ3v) is 3.91. The minimum atomic E-state index is 0.414. The van der Waals surface area contributed by atoms with Gasteiger partial charge in [0.25, 0.3) is 0 Å². The van der Waals surface area contributed by atoms with Crippen molar-refractivity contribution in [1.82, 2.24) is 5.32 Å². The van der Waals surface area contributed by atoms with Crippen LogP contribution in [0.15, 0.2) is 10.5 Å². The van der Waals surface area contributed by atoms with Gasteiger partial charge in [-0.05, 0) is 38.8 Å². The molecule has 0 aliphatic heterocycles. The first kappa shape index (κ1) is 13.6. The number of nitrogens with one attached hydrogen (secondary N) is 1. The predicted molar refractivity (Wildman–Crippen MR) is 72.4 cm³/mol. The molecule has 1 fully saturated rings.